The highest BCUT2D eigenvalue weighted by Crippen LogP contribution is 2.32. The number of aromatic amines is 1. The van der Waals surface area contributed by atoms with Crippen LogP contribution >= 0.6 is 0 Å². The summed E-state index contributed by atoms with van der Waals surface area (Å²) in [4.78, 5) is 3.85. The molecule has 4 rings (SSSR count). The Hall–Kier alpha value is -2.11. The number of aromatic nitrogens is 1. The van der Waals surface area contributed by atoms with Gasteiger partial charge in [-0.15, -0.1) is 0 Å². The molecule has 3 aromatic rings. The molecule has 0 amide bonds. The minimum Gasteiger partial charge on any atom is -0.358 e. The maximum absolute atomic E-state index is 13.0. The van der Waals surface area contributed by atoms with Crippen LogP contribution in [0.1, 0.15) is 23.2 Å². The molecular formula is C20H22N2O2S. The average Bonchev–Trinajstić information content (AvgIpc) is 2.99. The van der Waals surface area contributed by atoms with E-state index in [0.717, 1.165) is 30.3 Å². The third-order valence-corrected chi connectivity index (χ3v) is 7.21. The summed E-state index contributed by atoms with van der Waals surface area (Å²) in [6.45, 7) is 1.96. The minimum atomic E-state index is -3.47. The third-order valence-electron chi connectivity index (χ3n) is 5.28. The van der Waals surface area contributed by atoms with E-state index in [9.17, 15) is 8.42 Å². The minimum absolute atomic E-state index is 0.0157. The number of sulfonamides is 1. The van der Waals surface area contributed by atoms with Gasteiger partial charge in [0.1, 0.15) is 0 Å². The van der Waals surface area contributed by atoms with Crippen molar-refractivity contribution in [3.05, 3.63) is 65.4 Å². The number of benzene rings is 2. The second-order valence-corrected chi connectivity index (χ2v) is 8.86. The van der Waals surface area contributed by atoms with Gasteiger partial charge < -0.3 is 4.98 Å². The van der Waals surface area contributed by atoms with Crippen LogP contribution in [-0.4, -0.2) is 30.8 Å². The molecule has 1 aromatic heterocycles. The zero-order chi connectivity index (χ0) is 17.6. The lowest BCUT2D eigenvalue weighted by Gasteiger charge is -2.30. The lowest BCUT2D eigenvalue weighted by molar-refractivity contribution is 0.336. The Kier molecular flexibility index (Phi) is 3.93. The van der Waals surface area contributed by atoms with Gasteiger partial charge in [-0.3, -0.25) is 0 Å². The Labute approximate surface area is 148 Å². The molecule has 0 aliphatic heterocycles. The Morgan fingerprint density at radius 2 is 1.80 bits per heavy atom. The van der Waals surface area contributed by atoms with Crippen LogP contribution in [-0.2, 0) is 22.9 Å². The van der Waals surface area contributed by atoms with Crippen LogP contribution in [0, 0.1) is 6.92 Å². The largest absolute Gasteiger partial charge is 0.358 e. The topological polar surface area (TPSA) is 53.2 Å². The van der Waals surface area contributed by atoms with E-state index >= 15 is 0 Å². The van der Waals surface area contributed by atoms with Gasteiger partial charge in [0.15, 0.2) is 0 Å². The van der Waals surface area contributed by atoms with Crippen molar-refractivity contribution in [1.82, 2.24) is 9.29 Å². The fourth-order valence-electron chi connectivity index (χ4n) is 3.73. The molecule has 0 saturated carbocycles. The van der Waals surface area contributed by atoms with Crippen LogP contribution in [0.15, 0.2) is 53.4 Å². The average molecular weight is 354 g/mol. The lowest BCUT2D eigenvalue weighted by Crippen LogP contribution is -2.40. The van der Waals surface area contributed by atoms with Gasteiger partial charge in [0.05, 0.1) is 4.90 Å². The summed E-state index contributed by atoms with van der Waals surface area (Å²) >= 11 is 0. The van der Waals surface area contributed by atoms with E-state index in [0.29, 0.717) is 4.90 Å². The van der Waals surface area contributed by atoms with Crippen molar-refractivity contribution >= 4 is 20.9 Å². The van der Waals surface area contributed by atoms with Crippen molar-refractivity contribution in [2.24, 2.45) is 0 Å². The summed E-state index contributed by atoms with van der Waals surface area (Å²) in [5, 5.41) is 1.21. The normalized spacial score (nSPS) is 17.8. The summed E-state index contributed by atoms with van der Waals surface area (Å²) in [6, 6.07) is 15.3. The Morgan fingerprint density at radius 3 is 2.56 bits per heavy atom. The second kappa shape index (κ2) is 6.00. The highest BCUT2D eigenvalue weighted by Gasteiger charge is 2.32. The van der Waals surface area contributed by atoms with Crippen molar-refractivity contribution in [3.63, 3.8) is 0 Å². The molecular weight excluding hydrogens is 332 g/mol. The number of nitrogens with one attached hydrogen (secondary N) is 1. The standard InChI is InChI=1S/C20H22N2O2S/c1-14-7-10-16(11-8-14)25(23,24)22(2)15-9-12-20-18(13-15)17-5-3-4-6-19(17)21-20/h3-8,10-11,15,21H,9,12-13H2,1-2H3. The Morgan fingerprint density at radius 1 is 1.08 bits per heavy atom. The summed E-state index contributed by atoms with van der Waals surface area (Å²) in [5.74, 6) is 0. The first-order valence-corrected chi connectivity index (χ1v) is 10.0. The predicted molar refractivity (Wildman–Crippen MR) is 100 cm³/mol. The van der Waals surface area contributed by atoms with E-state index in [1.54, 1.807) is 23.5 Å². The van der Waals surface area contributed by atoms with Gasteiger partial charge in [0.25, 0.3) is 0 Å². The number of fused-ring (bicyclic) bond motifs is 3. The molecule has 1 aliphatic rings. The number of aryl methyl sites for hydroxylation is 2. The molecule has 130 valence electrons. The molecule has 5 heteroatoms. The molecule has 0 bridgehead atoms. The van der Waals surface area contributed by atoms with Crippen molar-refractivity contribution in [2.75, 3.05) is 7.05 Å². The third kappa shape index (κ3) is 2.77. The Balaban J connectivity index is 1.65. The molecule has 0 radical (unpaired) electrons. The summed E-state index contributed by atoms with van der Waals surface area (Å²) < 4.78 is 27.5. The molecule has 2 aromatic carbocycles. The molecule has 1 aliphatic carbocycles. The number of para-hydroxylation sites is 1. The number of nitrogens with zero attached hydrogens (tertiary/aromatic N) is 1. The number of H-pyrrole nitrogens is 1. The van der Waals surface area contributed by atoms with Crippen LogP contribution in [0.2, 0.25) is 0 Å². The smallest absolute Gasteiger partial charge is 0.243 e. The van der Waals surface area contributed by atoms with Gasteiger partial charge >= 0.3 is 0 Å². The highest BCUT2D eigenvalue weighted by atomic mass is 32.2. The van der Waals surface area contributed by atoms with Crippen molar-refractivity contribution in [1.29, 1.82) is 0 Å². The van der Waals surface area contributed by atoms with Gasteiger partial charge in [-0.1, -0.05) is 35.9 Å². The monoisotopic (exact) mass is 354 g/mol. The van der Waals surface area contributed by atoms with E-state index in [4.69, 9.17) is 0 Å². The number of hydrogen-bond donors (Lipinski definition) is 1. The number of rotatable bonds is 3. The fraction of sp³-hybridized carbons (Fsp3) is 0.300. The summed E-state index contributed by atoms with van der Waals surface area (Å²) in [5.41, 5.74) is 4.70. The quantitative estimate of drug-likeness (QED) is 0.780. The molecule has 4 nitrogen and oxygen atoms in total. The second-order valence-electron chi connectivity index (χ2n) is 6.86. The highest BCUT2D eigenvalue weighted by molar-refractivity contribution is 7.89. The lowest BCUT2D eigenvalue weighted by atomic mass is 9.91. The number of likely N-dealkylation sites (N-methyl/N-ethyl adjacent to an activating group) is 1. The Bertz CT molecular complexity index is 1020. The van der Waals surface area contributed by atoms with Gasteiger partial charge in [-0.05, 0) is 49.9 Å². The van der Waals surface area contributed by atoms with Crippen LogP contribution in [0.5, 0.6) is 0 Å². The zero-order valence-electron chi connectivity index (χ0n) is 14.5. The van der Waals surface area contributed by atoms with Crippen molar-refractivity contribution in [2.45, 2.75) is 37.1 Å². The molecule has 1 unspecified atom stereocenters. The van der Waals surface area contributed by atoms with Gasteiger partial charge in [0.2, 0.25) is 10.0 Å². The fourth-order valence-corrected chi connectivity index (χ4v) is 5.12. The van der Waals surface area contributed by atoms with Crippen LogP contribution < -0.4 is 0 Å². The molecule has 1 heterocycles. The molecule has 0 fully saturated rings. The van der Waals surface area contributed by atoms with Gasteiger partial charge in [-0.25, -0.2) is 8.42 Å². The van der Waals surface area contributed by atoms with E-state index in [-0.39, 0.29) is 6.04 Å². The van der Waals surface area contributed by atoms with Crippen LogP contribution in [0.25, 0.3) is 10.9 Å². The van der Waals surface area contributed by atoms with E-state index in [1.807, 2.05) is 31.2 Å². The van der Waals surface area contributed by atoms with Crippen molar-refractivity contribution in [3.8, 4) is 0 Å². The molecule has 0 spiro atoms. The number of hydrogen-bond acceptors (Lipinski definition) is 2. The molecule has 1 atom stereocenters. The maximum atomic E-state index is 13.0. The summed E-state index contributed by atoms with van der Waals surface area (Å²) in [7, 11) is -1.76. The first-order chi connectivity index (χ1) is 12.0. The van der Waals surface area contributed by atoms with Crippen molar-refractivity contribution < 1.29 is 8.42 Å². The molecule has 25 heavy (non-hydrogen) atoms. The zero-order valence-corrected chi connectivity index (χ0v) is 15.3. The van der Waals surface area contributed by atoms with Gasteiger partial charge in [-0.2, -0.15) is 4.31 Å². The SMILES string of the molecule is Cc1ccc(S(=O)(=O)N(C)C2CCc3[nH]c4ccccc4c3C2)cc1. The van der Waals surface area contributed by atoms with Crippen LogP contribution in [0.4, 0.5) is 0 Å². The van der Waals surface area contributed by atoms with E-state index in [2.05, 4.69) is 17.1 Å². The maximum Gasteiger partial charge on any atom is 0.243 e. The summed E-state index contributed by atoms with van der Waals surface area (Å²) in [6.07, 6.45) is 2.46. The van der Waals surface area contributed by atoms with E-state index < -0.39 is 10.0 Å². The van der Waals surface area contributed by atoms with Crippen LogP contribution in [0.3, 0.4) is 0 Å². The first kappa shape index (κ1) is 16.4. The predicted octanol–water partition coefficient (Wildman–Crippen LogP) is 3.65. The first-order valence-electron chi connectivity index (χ1n) is 8.60. The molecule has 0 saturated heterocycles. The molecule has 1 N–H and O–H groups in total. The van der Waals surface area contributed by atoms with Gasteiger partial charge in [0, 0.05) is 29.7 Å². The van der Waals surface area contributed by atoms with E-state index in [1.165, 1.54) is 16.6 Å².